The van der Waals surface area contributed by atoms with E-state index in [2.05, 4.69) is 10.2 Å². The highest BCUT2D eigenvalue weighted by atomic mass is 35.5. The van der Waals surface area contributed by atoms with Gasteiger partial charge in [-0.05, 0) is 13.8 Å². The van der Waals surface area contributed by atoms with Crippen molar-refractivity contribution in [3.05, 3.63) is 5.89 Å². The van der Waals surface area contributed by atoms with Crippen LogP contribution in [0.15, 0.2) is 4.42 Å². The van der Waals surface area contributed by atoms with Crippen LogP contribution in [0.4, 0.5) is 6.01 Å². The Labute approximate surface area is 87.7 Å². The van der Waals surface area contributed by atoms with Crippen LogP contribution in [0, 0.1) is 0 Å². The first kappa shape index (κ1) is 11.3. The Morgan fingerprint density at radius 3 is 2.57 bits per heavy atom. The lowest BCUT2D eigenvalue weighted by molar-refractivity contribution is 0.200. The van der Waals surface area contributed by atoms with E-state index in [9.17, 15) is 0 Å². The van der Waals surface area contributed by atoms with Crippen molar-refractivity contribution in [1.29, 1.82) is 0 Å². The van der Waals surface area contributed by atoms with Crippen molar-refractivity contribution in [3.63, 3.8) is 0 Å². The van der Waals surface area contributed by atoms with Gasteiger partial charge in [-0.15, -0.1) is 16.7 Å². The van der Waals surface area contributed by atoms with Gasteiger partial charge in [0.25, 0.3) is 0 Å². The second kappa shape index (κ2) is 4.61. The molecule has 2 unspecified atom stereocenters. The van der Waals surface area contributed by atoms with Crippen molar-refractivity contribution in [3.8, 4) is 0 Å². The summed E-state index contributed by atoms with van der Waals surface area (Å²) in [6, 6.07) is 0.369. The molecule has 0 fully saturated rings. The Kier molecular flexibility index (Phi) is 3.71. The summed E-state index contributed by atoms with van der Waals surface area (Å²) in [6.07, 6.45) is -0.441. The van der Waals surface area contributed by atoms with Crippen molar-refractivity contribution in [2.45, 2.75) is 25.3 Å². The van der Waals surface area contributed by atoms with E-state index < -0.39 is 6.10 Å². The van der Waals surface area contributed by atoms with E-state index in [0.717, 1.165) is 0 Å². The lowest BCUT2D eigenvalue weighted by Gasteiger charge is -2.15. The largest absolute Gasteiger partial charge is 0.406 e. The molecule has 0 bridgehead atoms. The third-order valence-electron chi connectivity index (χ3n) is 1.63. The maximum absolute atomic E-state index is 9.14. The number of alkyl halides is 1. The summed E-state index contributed by atoms with van der Waals surface area (Å²) in [5.74, 6) is 0.388. The molecule has 1 heterocycles. The van der Waals surface area contributed by atoms with E-state index in [1.165, 1.54) is 0 Å². The van der Waals surface area contributed by atoms with Gasteiger partial charge in [0.1, 0.15) is 5.38 Å². The first-order valence-corrected chi connectivity index (χ1v) is 4.81. The maximum Gasteiger partial charge on any atom is 0.318 e. The molecule has 1 N–H and O–H groups in total. The number of hydrogen-bond donors (Lipinski definition) is 1. The standard InChI is InChI=1S/C8H14ClN3O2/c1-5(13)4-12(3)8-11-10-7(14-8)6(2)9/h5-6,13H,4H2,1-3H3. The third-order valence-corrected chi connectivity index (χ3v) is 1.82. The monoisotopic (exact) mass is 219 g/mol. The normalized spacial score (nSPS) is 15.2. The van der Waals surface area contributed by atoms with E-state index in [-0.39, 0.29) is 5.38 Å². The molecule has 0 amide bonds. The molecule has 0 saturated carbocycles. The average molecular weight is 220 g/mol. The summed E-state index contributed by atoms with van der Waals surface area (Å²) < 4.78 is 5.27. The number of anilines is 1. The second-order valence-electron chi connectivity index (χ2n) is 3.27. The van der Waals surface area contributed by atoms with E-state index in [0.29, 0.717) is 18.5 Å². The van der Waals surface area contributed by atoms with Crippen molar-refractivity contribution >= 4 is 17.6 Å². The molecular weight excluding hydrogens is 206 g/mol. The van der Waals surface area contributed by atoms with Crippen LogP contribution in [-0.2, 0) is 0 Å². The Morgan fingerprint density at radius 1 is 1.50 bits per heavy atom. The number of halogens is 1. The van der Waals surface area contributed by atoms with Gasteiger partial charge in [0.2, 0.25) is 5.89 Å². The van der Waals surface area contributed by atoms with Crippen LogP contribution in [0.2, 0.25) is 0 Å². The second-order valence-corrected chi connectivity index (χ2v) is 3.92. The molecule has 0 aliphatic carbocycles. The quantitative estimate of drug-likeness (QED) is 0.771. The first-order chi connectivity index (χ1) is 6.50. The molecule has 1 rings (SSSR count). The van der Waals surface area contributed by atoms with Gasteiger partial charge in [-0.25, -0.2) is 0 Å². The van der Waals surface area contributed by atoms with Gasteiger partial charge < -0.3 is 14.4 Å². The fourth-order valence-corrected chi connectivity index (χ4v) is 1.10. The van der Waals surface area contributed by atoms with Crippen molar-refractivity contribution in [1.82, 2.24) is 10.2 Å². The number of aliphatic hydroxyl groups excluding tert-OH is 1. The van der Waals surface area contributed by atoms with Crippen LogP contribution < -0.4 is 4.90 Å². The topological polar surface area (TPSA) is 62.4 Å². The highest BCUT2D eigenvalue weighted by molar-refractivity contribution is 6.20. The third kappa shape index (κ3) is 2.85. The van der Waals surface area contributed by atoms with Gasteiger partial charge in [-0.1, -0.05) is 5.10 Å². The van der Waals surface area contributed by atoms with Crippen LogP contribution >= 0.6 is 11.6 Å². The smallest absolute Gasteiger partial charge is 0.318 e. The van der Waals surface area contributed by atoms with Crippen LogP contribution in [0.1, 0.15) is 25.1 Å². The first-order valence-electron chi connectivity index (χ1n) is 4.37. The SMILES string of the molecule is CC(O)CN(C)c1nnc(C(C)Cl)o1. The minimum atomic E-state index is -0.441. The molecule has 2 atom stereocenters. The number of hydrogen-bond acceptors (Lipinski definition) is 5. The van der Waals surface area contributed by atoms with E-state index in [1.54, 1.807) is 25.8 Å². The maximum atomic E-state index is 9.14. The molecular formula is C8H14ClN3O2. The summed E-state index contributed by atoms with van der Waals surface area (Å²) in [5, 5.41) is 16.4. The van der Waals surface area contributed by atoms with Gasteiger partial charge in [0.05, 0.1) is 6.10 Å². The fourth-order valence-electron chi connectivity index (χ4n) is 1.02. The minimum absolute atomic E-state index is 0.295. The fraction of sp³-hybridized carbons (Fsp3) is 0.750. The number of nitrogens with zero attached hydrogens (tertiary/aromatic N) is 3. The molecule has 6 heteroatoms. The zero-order valence-electron chi connectivity index (χ0n) is 8.44. The summed E-state index contributed by atoms with van der Waals surface area (Å²) in [4.78, 5) is 1.68. The number of rotatable bonds is 4. The summed E-state index contributed by atoms with van der Waals surface area (Å²) in [5.41, 5.74) is 0. The van der Waals surface area contributed by atoms with Gasteiger partial charge in [-0.2, -0.15) is 0 Å². The molecule has 0 aliphatic heterocycles. The highest BCUT2D eigenvalue weighted by Gasteiger charge is 2.14. The molecule has 0 spiro atoms. The van der Waals surface area contributed by atoms with E-state index >= 15 is 0 Å². The van der Waals surface area contributed by atoms with E-state index in [4.69, 9.17) is 21.1 Å². The van der Waals surface area contributed by atoms with Gasteiger partial charge in [-0.3, -0.25) is 0 Å². The Morgan fingerprint density at radius 2 is 2.14 bits per heavy atom. The molecule has 0 radical (unpaired) electrons. The van der Waals surface area contributed by atoms with Crippen molar-refractivity contribution in [2.75, 3.05) is 18.5 Å². The zero-order valence-corrected chi connectivity index (χ0v) is 9.19. The molecule has 1 aromatic heterocycles. The molecule has 14 heavy (non-hydrogen) atoms. The molecule has 0 aliphatic rings. The molecule has 80 valence electrons. The predicted molar refractivity (Wildman–Crippen MR) is 53.5 cm³/mol. The summed E-state index contributed by atoms with van der Waals surface area (Å²) in [7, 11) is 1.77. The average Bonchev–Trinajstić information content (AvgIpc) is 2.50. The van der Waals surface area contributed by atoms with Crippen LogP contribution in [0.3, 0.4) is 0 Å². The lowest BCUT2D eigenvalue weighted by Crippen LogP contribution is -2.27. The van der Waals surface area contributed by atoms with Crippen LogP contribution in [-0.4, -0.2) is 35.0 Å². The Hall–Kier alpha value is -0.810. The number of aliphatic hydroxyl groups is 1. The molecule has 0 saturated heterocycles. The number of likely N-dealkylation sites (N-methyl/N-ethyl adjacent to an activating group) is 1. The van der Waals surface area contributed by atoms with E-state index in [1.807, 2.05) is 0 Å². The molecule has 0 aromatic carbocycles. The van der Waals surface area contributed by atoms with Gasteiger partial charge in [0.15, 0.2) is 0 Å². The summed E-state index contributed by atoms with van der Waals surface area (Å²) >= 11 is 5.76. The number of aromatic nitrogens is 2. The Bertz CT molecular complexity index is 288. The van der Waals surface area contributed by atoms with Crippen LogP contribution in [0.5, 0.6) is 0 Å². The predicted octanol–water partition coefficient (Wildman–Crippen LogP) is 1.19. The summed E-state index contributed by atoms with van der Waals surface area (Å²) in [6.45, 7) is 3.89. The van der Waals surface area contributed by atoms with Crippen molar-refractivity contribution in [2.24, 2.45) is 0 Å². The van der Waals surface area contributed by atoms with Gasteiger partial charge >= 0.3 is 6.01 Å². The van der Waals surface area contributed by atoms with Crippen molar-refractivity contribution < 1.29 is 9.52 Å². The Balaban J connectivity index is 2.66. The highest BCUT2D eigenvalue weighted by Crippen LogP contribution is 2.20. The lowest BCUT2D eigenvalue weighted by atomic mass is 10.4. The van der Waals surface area contributed by atoms with Gasteiger partial charge in [0, 0.05) is 13.6 Å². The molecule has 1 aromatic rings. The molecule has 5 nitrogen and oxygen atoms in total. The van der Waals surface area contributed by atoms with Crippen LogP contribution in [0.25, 0.3) is 0 Å². The minimum Gasteiger partial charge on any atom is -0.406 e. The zero-order chi connectivity index (χ0) is 10.7.